The number of hydrogen-bond acceptors (Lipinski definition) is 9. The first kappa shape index (κ1) is 28.5. The Morgan fingerprint density at radius 3 is 2.57 bits per heavy atom. The van der Waals surface area contributed by atoms with Crippen molar-refractivity contribution in [2.75, 3.05) is 43.1 Å². The summed E-state index contributed by atoms with van der Waals surface area (Å²) in [6.07, 6.45) is 0. The predicted molar refractivity (Wildman–Crippen MR) is 166 cm³/mol. The number of aromatic hydroxyl groups is 1. The average Bonchev–Trinajstić information content (AvgIpc) is 3.38. The molecule has 0 unspecified atom stereocenters. The molecule has 216 valence electrons. The molecule has 1 atom stereocenters. The number of carbonyl (C=O) groups is 1. The number of likely N-dealkylation sites (N-methyl/N-ethyl adjacent to an activating group) is 1. The largest absolute Gasteiger partial charge is 0.508 e. The summed E-state index contributed by atoms with van der Waals surface area (Å²) in [6.45, 7) is 4.24. The van der Waals surface area contributed by atoms with Gasteiger partial charge >= 0.3 is 0 Å². The van der Waals surface area contributed by atoms with Crippen molar-refractivity contribution in [2.45, 2.75) is 19.5 Å². The maximum absolute atomic E-state index is 13.1. The summed E-state index contributed by atoms with van der Waals surface area (Å²) >= 11 is 0. The molecule has 0 saturated carbocycles. The molecule has 11 heteroatoms. The Balaban J connectivity index is 1.29. The van der Waals surface area contributed by atoms with Crippen molar-refractivity contribution in [3.8, 4) is 5.75 Å². The minimum atomic E-state index is -0.627. The second-order valence-corrected chi connectivity index (χ2v) is 10.5. The van der Waals surface area contributed by atoms with Crippen molar-refractivity contribution in [1.82, 2.24) is 20.4 Å². The quantitative estimate of drug-likeness (QED) is 0.0980. The molecule has 5 aromatic rings. The van der Waals surface area contributed by atoms with Crippen LogP contribution < -0.4 is 32.1 Å². The topological polar surface area (TPSA) is 151 Å². The highest BCUT2D eigenvalue weighted by molar-refractivity contribution is 6.08. The lowest BCUT2D eigenvalue weighted by Crippen LogP contribution is -2.37. The van der Waals surface area contributed by atoms with Gasteiger partial charge in [-0.1, -0.05) is 24.3 Å². The number of nitrogens with zero attached hydrogens (tertiary/aromatic N) is 2. The highest BCUT2D eigenvalue weighted by atomic mass is 16.3. The lowest BCUT2D eigenvalue weighted by molar-refractivity contribution is 0.102. The summed E-state index contributed by atoms with van der Waals surface area (Å²) in [4.78, 5) is 40.0. The number of aromatic amines is 1. The highest BCUT2D eigenvalue weighted by Crippen LogP contribution is 2.29. The van der Waals surface area contributed by atoms with Gasteiger partial charge in [-0.05, 0) is 74.6 Å². The summed E-state index contributed by atoms with van der Waals surface area (Å²) in [7, 11) is 4.04. The van der Waals surface area contributed by atoms with Gasteiger partial charge in [0.1, 0.15) is 17.1 Å². The number of phenols is 1. The number of anilines is 4. The summed E-state index contributed by atoms with van der Waals surface area (Å²) in [5.41, 5.74) is 2.59. The number of aromatic nitrogens is 2. The van der Waals surface area contributed by atoms with Crippen molar-refractivity contribution < 1.29 is 9.90 Å². The fourth-order valence-corrected chi connectivity index (χ4v) is 4.61. The number of fused-ring (bicyclic) bond motifs is 1. The van der Waals surface area contributed by atoms with Gasteiger partial charge in [-0.3, -0.25) is 19.5 Å². The lowest BCUT2D eigenvalue weighted by Gasteiger charge is -2.20. The van der Waals surface area contributed by atoms with E-state index >= 15 is 0 Å². The fourth-order valence-electron chi connectivity index (χ4n) is 4.61. The van der Waals surface area contributed by atoms with Crippen LogP contribution in [-0.2, 0) is 6.54 Å². The first-order valence-electron chi connectivity index (χ1n) is 13.6. The van der Waals surface area contributed by atoms with Gasteiger partial charge in [-0.2, -0.15) is 5.10 Å². The highest BCUT2D eigenvalue weighted by Gasteiger charge is 2.23. The van der Waals surface area contributed by atoms with Crippen molar-refractivity contribution in [2.24, 2.45) is 0 Å². The molecule has 6 N–H and O–H groups in total. The summed E-state index contributed by atoms with van der Waals surface area (Å²) < 4.78 is 0. The van der Waals surface area contributed by atoms with Gasteiger partial charge in [0.15, 0.2) is 5.82 Å². The molecule has 0 aliphatic heterocycles. The Morgan fingerprint density at radius 1 is 1.00 bits per heavy atom. The van der Waals surface area contributed by atoms with Crippen LogP contribution in [0.1, 0.15) is 34.5 Å². The van der Waals surface area contributed by atoms with Crippen molar-refractivity contribution in [3.63, 3.8) is 0 Å². The first-order chi connectivity index (χ1) is 20.2. The molecule has 11 nitrogen and oxygen atoms in total. The molecule has 0 radical (unpaired) electrons. The number of benzene rings is 3. The Labute approximate surface area is 242 Å². The second-order valence-electron chi connectivity index (χ2n) is 10.5. The number of H-pyrrole nitrogens is 1. The van der Waals surface area contributed by atoms with Crippen molar-refractivity contribution in [3.05, 3.63) is 104 Å². The normalized spacial score (nSPS) is 12.1. The van der Waals surface area contributed by atoms with E-state index in [0.717, 1.165) is 24.2 Å². The van der Waals surface area contributed by atoms with E-state index in [0.29, 0.717) is 34.5 Å². The Bertz CT molecular complexity index is 1800. The van der Waals surface area contributed by atoms with E-state index in [1.807, 2.05) is 45.3 Å². The van der Waals surface area contributed by atoms with Gasteiger partial charge in [0.25, 0.3) is 16.8 Å². The number of hydrogen-bond donors (Lipinski definition) is 6. The van der Waals surface area contributed by atoms with E-state index in [2.05, 4.69) is 36.4 Å². The molecule has 1 aromatic heterocycles. The average molecular weight is 568 g/mol. The molecule has 0 spiro atoms. The van der Waals surface area contributed by atoms with Crippen LogP contribution in [0.15, 0.2) is 76.3 Å². The van der Waals surface area contributed by atoms with Gasteiger partial charge in [-0.25, -0.2) is 0 Å². The number of amides is 1. The molecule has 42 heavy (non-hydrogen) atoms. The monoisotopic (exact) mass is 567 g/mol. The molecule has 0 fully saturated rings. The molecule has 5 rings (SSSR count). The van der Waals surface area contributed by atoms with Gasteiger partial charge in [-0.15, -0.1) is 0 Å². The SMILES string of the molecule is C[C@@H](Nc1c(Nc2ccc3[nH]nc(NC(=O)c4cccc(CNCCN(C)C)c4)c3c2)c(=O)c1=O)c1cccc(O)c1. The molecular formula is C31H33N7O4. The smallest absolute Gasteiger partial charge is 0.256 e. The van der Waals surface area contributed by atoms with Gasteiger partial charge in [0.2, 0.25) is 0 Å². The number of rotatable bonds is 12. The van der Waals surface area contributed by atoms with Crippen LogP contribution in [0.2, 0.25) is 0 Å². The van der Waals surface area contributed by atoms with Crippen LogP contribution in [0.5, 0.6) is 5.75 Å². The van der Waals surface area contributed by atoms with Crippen LogP contribution in [-0.4, -0.2) is 53.3 Å². The number of carbonyl (C=O) groups excluding carboxylic acids is 1. The zero-order valence-electron chi connectivity index (χ0n) is 23.6. The first-order valence-corrected chi connectivity index (χ1v) is 13.6. The van der Waals surface area contributed by atoms with E-state index in [-0.39, 0.29) is 29.1 Å². The van der Waals surface area contributed by atoms with E-state index < -0.39 is 10.9 Å². The van der Waals surface area contributed by atoms with E-state index in [9.17, 15) is 19.5 Å². The Morgan fingerprint density at radius 2 is 1.79 bits per heavy atom. The lowest BCUT2D eigenvalue weighted by atomic mass is 10.1. The Hall–Kier alpha value is -5.00. The van der Waals surface area contributed by atoms with Crippen LogP contribution >= 0.6 is 0 Å². The third-order valence-corrected chi connectivity index (χ3v) is 6.96. The minimum Gasteiger partial charge on any atom is -0.508 e. The van der Waals surface area contributed by atoms with Crippen LogP contribution in [0.25, 0.3) is 10.9 Å². The van der Waals surface area contributed by atoms with Crippen molar-refractivity contribution in [1.29, 1.82) is 0 Å². The van der Waals surface area contributed by atoms with Gasteiger partial charge in [0.05, 0.1) is 5.52 Å². The molecule has 1 amide bonds. The minimum absolute atomic E-state index is 0.112. The number of nitrogens with one attached hydrogen (secondary N) is 5. The Kier molecular flexibility index (Phi) is 8.32. The number of phenolic OH excluding ortho intramolecular Hbond substituents is 1. The molecule has 4 aromatic carbocycles. The molecule has 0 aliphatic carbocycles. The van der Waals surface area contributed by atoms with E-state index in [1.54, 1.807) is 42.5 Å². The zero-order valence-corrected chi connectivity index (χ0v) is 23.6. The maximum Gasteiger partial charge on any atom is 0.256 e. The van der Waals surface area contributed by atoms with Gasteiger partial charge in [0, 0.05) is 42.3 Å². The van der Waals surface area contributed by atoms with E-state index in [1.165, 1.54) is 0 Å². The fraction of sp³-hybridized carbons (Fsp3) is 0.226. The summed E-state index contributed by atoms with van der Waals surface area (Å²) in [6, 6.07) is 19.0. The predicted octanol–water partition coefficient (Wildman–Crippen LogP) is 3.68. The van der Waals surface area contributed by atoms with E-state index in [4.69, 9.17) is 0 Å². The van der Waals surface area contributed by atoms with Crippen molar-refractivity contribution >= 4 is 39.7 Å². The van der Waals surface area contributed by atoms with Crippen LogP contribution in [0.4, 0.5) is 22.9 Å². The van der Waals surface area contributed by atoms with Gasteiger partial charge < -0.3 is 31.3 Å². The molecular weight excluding hydrogens is 534 g/mol. The molecule has 0 saturated heterocycles. The van der Waals surface area contributed by atoms with Crippen LogP contribution in [0, 0.1) is 0 Å². The third kappa shape index (κ3) is 6.32. The third-order valence-electron chi connectivity index (χ3n) is 6.96. The summed E-state index contributed by atoms with van der Waals surface area (Å²) in [5.74, 6) is 0.155. The maximum atomic E-state index is 13.1. The standard InChI is InChI=1S/C31H33N7O4/c1-18(20-7-5-9-23(39)15-20)33-26-27(29(41)28(26)40)34-22-10-11-25-24(16-22)30(37-36-25)35-31(42)21-8-4-6-19(14-21)17-32-12-13-38(2)3/h4-11,14-16,18,32-34,39H,12-13,17H2,1-3H3,(H2,35,36,37,42)/t18-/m1/s1. The van der Waals surface area contributed by atoms with Crippen LogP contribution in [0.3, 0.4) is 0 Å². The zero-order chi connectivity index (χ0) is 29.8. The summed E-state index contributed by atoms with van der Waals surface area (Å²) in [5, 5.41) is 29.9. The second kappa shape index (κ2) is 12.2. The molecule has 0 bridgehead atoms. The molecule has 1 heterocycles. The molecule has 0 aliphatic rings.